The molecule has 1 aromatic heterocycles. The highest BCUT2D eigenvalue weighted by molar-refractivity contribution is 7.25. The summed E-state index contributed by atoms with van der Waals surface area (Å²) in [4.78, 5) is 2.47. The summed E-state index contributed by atoms with van der Waals surface area (Å²) >= 11 is 1.86. The summed E-state index contributed by atoms with van der Waals surface area (Å²) in [5.74, 6) is 3.55. The summed E-state index contributed by atoms with van der Waals surface area (Å²) < 4.78 is 16.0. The van der Waals surface area contributed by atoms with Gasteiger partial charge in [-0.2, -0.15) is 0 Å². The van der Waals surface area contributed by atoms with E-state index in [0.29, 0.717) is 0 Å². The van der Waals surface area contributed by atoms with Gasteiger partial charge in [-0.1, -0.05) is 194 Å². The number of thiophene rings is 1. The second-order valence-electron chi connectivity index (χ2n) is 21.0. The quantitative estimate of drug-likeness (QED) is 0.171. The van der Waals surface area contributed by atoms with Gasteiger partial charge in [-0.15, -0.1) is 11.3 Å². The largest absolute Gasteiger partial charge is 0.457 e. The van der Waals surface area contributed by atoms with Gasteiger partial charge in [0.25, 0.3) is 0 Å². The van der Waals surface area contributed by atoms with E-state index >= 15 is 0 Å². The third kappa shape index (κ3) is 5.87. The van der Waals surface area contributed by atoms with Crippen LogP contribution in [0.25, 0.3) is 64.7 Å². The fourth-order valence-corrected chi connectivity index (χ4v) is 15.1. The lowest BCUT2D eigenvalue weighted by Gasteiger charge is -2.39. The van der Waals surface area contributed by atoms with E-state index in [1.165, 1.54) is 75.8 Å². The number of benzene rings is 12. The normalized spacial score (nSPS) is 14.1. The molecule has 0 saturated carbocycles. The predicted octanol–water partition coefficient (Wildman–Crippen LogP) is 19.8. The zero-order valence-electron chi connectivity index (χ0n) is 42.2. The molecular formula is C74H45NO2S. The molecule has 3 nitrogen and oxygen atoms in total. The minimum Gasteiger partial charge on any atom is -0.457 e. The second kappa shape index (κ2) is 16.4. The van der Waals surface area contributed by atoms with Gasteiger partial charge in [-0.3, -0.25) is 0 Å². The van der Waals surface area contributed by atoms with Crippen molar-refractivity contribution in [3.8, 4) is 67.5 Å². The molecular weight excluding hydrogens is 967 g/mol. The molecule has 2 aliphatic heterocycles. The number of rotatable bonds is 5. The van der Waals surface area contributed by atoms with Crippen LogP contribution in [0.5, 0.6) is 23.0 Å². The molecule has 0 bridgehead atoms. The van der Waals surface area contributed by atoms with E-state index in [1.54, 1.807) is 0 Å². The van der Waals surface area contributed by atoms with Gasteiger partial charge in [0.15, 0.2) is 0 Å². The van der Waals surface area contributed by atoms with Crippen molar-refractivity contribution in [3.63, 3.8) is 0 Å². The average molecular weight is 1010 g/mol. The smallest absolute Gasteiger partial charge is 0.132 e. The van der Waals surface area contributed by atoms with Crippen LogP contribution in [0.4, 0.5) is 17.1 Å². The van der Waals surface area contributed by atoms with Crippen molar-refractivity contribution in [2.75, 3.05) is 4.90 Å². The first-order chi connectivity index (χ1) is 38.7. The second-order valence-corrected chi connectivity index (χ2v) is 22.1. The van der Waals surface area contributed by atoms with Crippen LogP contribution < -0.4 is 14.4 Å². The van der Waals surface area contributed by atoms with E-state index in [0.717, 1.165) is 73.4 Å². The molecule has 364 valence electrons. The Labute approximate surface area is 456 Å². The maximum absolute atomic E-state index is 6.74. The summed E-state index contributed by atoms with van der Waals surface area (Å²) in [7, 11) is 0. The predicted molar refractivity (Wildman–Crippen MR) is 320 cm³/mol. The number of hydrogen-bond acceptors (Lipinski definition) is 4. The number of anilines is 3. The van der Waals surface area contributed by atoms with Crippen molar-refractivity contribution in [1.29, 1.82) is 0 Å². The van der Waals surface area contributed by atoms with Crippen molar-refractivity contribution < 1.29 is 9.47 Å². The molecule has 0 unspecified atom stereocenters. The van der Waals surface area contributed by atoms with Gasteiger partial charge in [0.05, 0.1) is 16.5 Å². The summed E-state index contributed by atoms with van der Waals surface area (Å²) in [5.41, 5.74) is 21.4. The number of nitrogens with zero attached hydrogens (tertiary/aromatic N) is 1. The van der Waals surface area contributed by atoms with Crippen LogP contribution in [0.15, 0.2) is 273 Å². The number of hydrogen-bond donors (Lipinski definition) is 0. The van der Waals surface area contributed by atoms with E-state index in [-0.39, 0.29) is 0 Å². The zero-order chi connectivity index (χ0) is 51.1. The van der Waals surface area contributed by atoms with Gasteiger partial charge in [0.2, 0.25) is 0 Å². The Hall–Kier alpha value is -9.74. The standard InChI is InChI=1S/C74H45NO2S/c1-4-19-57-52(16-1)53-42-36-49(45-64(53)74(57)61-23-8-12-29-68(61)77-69-30-13-9-24-62(69)74)47-34-40-51(41-35-47)75(50-38-32-46(33-39-50)48-37-43-71-56(44-48)54-17-3-14-31-70(54)78-71)65-26-15-25-63-72(65)55-18-2-5-20-58(55)73(63)59-21-6-10-27-66(59)76-67-28-11-7-22-60(67)73/h1-45H. The van der Waals surface area contributed by atoms with Crippen molar-refractivity contribution in [2.24, 2.45) is 0 Å². The summed E-state index contributed by atoms with van der Waals surface area (Å²) in [6.45, 7) is 0. The molecule has 0 radical (unpaired) electrons. The Bertz CT molecular complexity index is 4550. The minimum absolute atomic E-state index is 0.549. The Kier molecular flexibility index (Phi) is 9.14. The van der Waals surface area contributed by atoms with E-state index < -0.39 is 10.8 Å². The molecule has 2 spiro atoms. The number of para-hydroxylation sites is 4. The molecule has 4 heteroatoms. The van der Waals surface area contributed by atoms with Crippen molar-refractivity contribution in [3.05, 3.63) is 317 Å². The summed E-state index contributed by atoms with van der Waals surface area (Å²) in [5, 5.41) is 2.60. The van der Waals surface area contributed by atoms with Gasteiger partial charge in [-0.25, -0.2) is 0 Å². The molecule has 0 amide bonds. The van der Waals surface area contributed by atoms with Crippen molar-refractivity contribution >= 4 is 48.6 Å². The Morgan fingerprint density at radius 1 is 0.282 bits per heavy atom. The van der Waals surface area contributed by atoms with Crippen molar-refractivity contribution in [1.82, 2.24) is 0 Å². The highest BCUT2D eigenvalue weighted by atomic mass is 32.1. The molecule has 0 atom stereocenters. The zero-order valence-corrected chi connectivity index (χ0v) is 43.0. The van der Waals surface area contributed by atoms with E-state index in [2.05, 4.69) is 278 Å². The molecule has 17 rings (SSSR count). The molecule has 12 aromatic carbocycles. The molecule has 0 fully saturated rings. The lowest BCUT2D eigenvalue weighted by Crippen LogP contribution is -2.32. The number of fused-ring (bicyclic) bond motifs is 21. The number of ether oxygens (including phenoxy) is 2. The van der Waals surface area contributed by atoms with Gasteiger partial charge < -0.3 is 14.4 Å². The highest BCUT2D eigenvalue weighted by Gasteiger charge is 2.53. The maximum atomic E-state index is 6.74. The topological polar surface area (TPSA) is 21.7 Å². The summed E-state index contributed by atoms with van der Waals surface area (Å²) in [6.07, 6.45) is 0. The molecule has 0 N–H and O–H groups in total. The average Bonchev–Trinajstić information content (AvgIpc) is 3.09. The van der Waals surface area contributed by atoms with E-state index in [1.807, 2.05) is 11.3 Å². The van der Waals surface area contributed by atoms with Crippen molar-refractivity contribution in [2.45, 2.75) is 10.8 Å². The molecule has 3 heterocycles. The van der Waals surface area contributed by atoms with Gasteiger partial charge >= 0.3 is 0 Å². The van der Waals surface area contributed by atoms with Gasteiger partial charge in [0, 0.05) is 59.4 Å². The van der Waals surface area contributed by atoms with Crippen LogP contribution in [0.2, 0.25) is 0 Å². The molecule has 78 heavy (non-hydrogen) atoms. The van der Waals surface area contributed by atoms with Gasteiger partial charge in [-0.05, 0) is 140 Å². The lowest BCUT2D eigenvalue weighted by atomic mass is 9.66. The maximum Gasteiger partial charge on any atom is 0.132 e. The van der Waals surface area contributed by atoms with Crippen LogP contribution in [0, 0.1) is 0 Å². The Morgan fingerprint density at radius 3 is 1.31 bits per heavy atom. The molecule has 2 aliphatic carbocycles. The molecule has 4 aliphatic rings. The Balaban J connectivity index is 0.846. The van der Waals surface area contributed by atoms with Crippen LogP contribution in [-0.4, -0.2) is 0 Å². The first-order valence-electron chi connectivity index (χ1n) is 26.8. The minimum atomic E-state index is -0.604. The lowest BCUT2D eigenvalue weighted by molar-refractivity contribution is 0.436. The Morgan fingerprint density at radius 2 is 0.705 bits per heavy atom. The van der Waals surface area contributed by atoms with Crippen LogP contribution in [-0.2, 0) is 10.8 Å². The van der Waals surface area contributed by atoms with E-state index in [4.69, 9.17) is 9.47 Å². The fourth-order valence-electron chi connectivity index (χ4n) is 14.0. The monoisotopic (exact) mass is 1010 g/mol. The fraction of sp³-hybridized carbons (Fsp3) is 0.0270. The van der Waals surface area contributed by atoms with E-state index in [9.17, 15) is 0 Å². The van der Waals surface area contributed by atoms with Gasteiger partial charge in [0.1, 0.15) is 23.0 Å². The summed E-state index contributed by atoms with van der Waals surface area (Å²) in [6, 6.07) is 100. The molecule has 13 aromatic rings. The molecule has 0 saturated heterocycles. The van der Waals surface area contributed by atoms with Crippen LogP contribution in [0.1, 0.15) is 44.5 Å². The third-order valence-corrected chi connectivity index (χ3v) is 18.4. The van der Waals surface area contributed by atoms with Crippen LogP contribution in [0.3, 0.4) is 0 Å². The highest BCUT2D eigenvalue weighted by Crippen LogP contribution is 2.65. The first kappa shape index (κ1) is 43.5. The SMILES string of the molecule is c1ccc2c(c1)Oc1ccccc1C21c2ccccc2-c2ccc(-c3ccc(N(c4ccc(-c5ccc6sc7ccccc7c6c5)cc4)c4cccc5c4-c4ccccc4C54c5ccccc5Oc5ccccc54)cc3)cc21. The third-order valence-electron chi connectivity index (χ3n) is 17.2. The van der Waals surface area contributed by atoms with Crippen LogP contribution >= 0.6 is 11.3 Å². The first-order valence-corrected chi connectivity index (χ1v) is 27.6.